The molecule has 4 N–H and O–H groups in total. The molecule has 1 unspecified atom stereocenters. The highest BCUT2D eigenvalue weighted by Crippen LogP contribution is 2.18. The minimum Gasteiger partial charge on any atom is -0.398 e. The van der Waals surface area contributed by atoms with Crippen molar-refractivity contribution in [2.24, 2.45) is 0 Å². The summed E-state index contributed by atoms with van der Waals surface area (Å²) in [5.41, 5.74) is 7.13. The van der Waals surface area contributed by atoms with Crippen LogP contribution in [0.25, 0.3) is 0 Å². The van der Waals surface area contributed by atoms with Gasteiger partial charge in [-0.3, -0.25) is 4.79 Å². The Morgan fingerprint density at radius 1 is 1.29 bits per heavy atom. The first kappa shape index (κ1) is 17.5. The molecule has 0 aromatic heterocycles. The van der Waals surface area contributed by atoms with Gasteiger partial charge in [0, 0.05) is 11.7 Å². The summed E-state index contributed by atoms with van der Waals surface area (Å²) in [5.74, 6) is -0.369. The van der Waals surface area contributed by atoms with Crippen molar-refractivity contribution >= 4 is 21.6 Å². The molecule has 1 rings (SSSR count). The summed E-state index contributed by atoms with van der Waals surface area (Å²) < 4.78 is 26.8. The average Bonchev–Trinajstić information content (AvgIpc) is 2.37. The van der Waals surface area contributed by atoms with E-state index in [0.717, 1.165) is 12.0 Å². The van der Waals surface area contributed by atoms with Gasteiger partial charge in [-0.1, -0.05) is 13.0 Å². The zero-order chi connectivity index (χ0) is 16.2. The molecular formula is C14H23N3O3S. The van der Waals surface area contributed by atoms with Gasteiger partial charge in [0.15, 0.2) is 0 Å². The van der Waals surface area contributed by atoms with Crippen molar-refractivity contribution in [1.29, 1.82) is 0 Å². The first-order chi connectivity index (χ1) is 9.67. The van der Waals surface area contributed by atoms with Gasteiger partial charge in [-0.15, -0.1) is 0 Å². The van der Waals surface area contributed by atoms with Gasteiger partial charge < -0.3 is 11.1 Å². The van der Waals surface area contributed by atoms with E-state index in [1.807, 2.05) is 20.8 Å². The summed E-state index contributed by atoms with van der Waals surface area (Å²) in [6, 6.07) is 3.68. The van der Waals surface area contributed by atoms with Gasteiger partial charge in [-0.05, 0) is 44.9 Å². The van der Waals surface area contributed by atoms with E-state index in [9.17, 15) is 13.2 Å². The van der Waals surface area contributed by atoms with Crippen molar-refractivity contribution in [2.75, 3.05) is 5.73 Å². The van der Waals surface area contributed by atoms with Crippen molar-refractivity contribution in [3.05, 3.63) is 23.8 Å². The first-order valence-corrected chi connectivity index (χ1v) is 8.36. The molecule has 0 bridgehead atoms. The number of nitrogens with one attached hydrogen (secondary N) is 2. The molecule has 0 saturated carbocycles. The van der Waals surface area contributed by atoms with Gasteiger partial charge in [0.1, 0.15) is 0 Å². The predicted octanol–water partition coefficient (Wildman–Crippen LogP) is 1.02. The van der Waals surface area contributed by atoms with Crippen molar-refractivity contribution in [3.8, 4) is 0 Å². The monoisotopic (exact) mass is 313 g/mol. The van der Waals surface area contributed by atoms with Crippen LogP contribution < -0.4 is 15.8 Å². The molecule has 7 heteroatoms. The van der Waals surface area contributed by atoms with Crippen LogP contribution in [-0.4, -0.2) is 26.4 Å². The van der Waals surface area contributed by atoms with E-state index < -0.39 is 16.1 Å². The average molecular weight is 313 g/mol. The Labute approximate surface area is 126 Å². The zero-order valence-corrected chi connectivity index (χ0v) is 13.6. The summed E-state index contributed by atoms with van der Waals surface area (Å²) in [4.78, 5) is 11.8. The Morgan fingerprint density at radius 3 is 2.38 bits per heavy atom. The third-order valence-corrected chi connectivity index (χ3v) is 4.50. The summed E-state index contributed by atoms with van der Waals surface area (Å²) in [6.45, 7) is 7.06. The third kappa shape index (κ3) is 4.71. The molecule has 6 nitrogen and oxygen atoms in total. The fraction of sp³-hybridized carbons (Fsp3) is 0.500. The van der Waals surface area contributed by atoms with Crippen molar-refractivity contribution in [2.45, 2.75) is 51.1 Å². The van der Waals surface area contributed by atoms with Crippen LogP contribution >= 0.6 is 0 Å². The third-order valence-electron chi connectivity index (χ3n) is 2.96. The smallest absolute Gasteiger partial charge is 0.241 e. The van der Waals surface area contributed by atoms with Gasteiger partial charge in [0.05, 0.1) is 10.9 Å². The van der Waals surface area contributed by atoms with Crippen molar-refractivity contribution in [1.82, 2.24) is 10.0 Å². The zero-order valence-electron chi connectivity index (χ0n) is 12.8. The first-order valence-electron chi connectivity index (χ1n) is 6.88. The predicted molar refractivity (Wildman–Crippen MR) is 83.3 cm³/mol. The lowest BCUT2D eigenvalue weighted by molar-refractivity contribution is -0.122. The van der Waals surface area contributed by atoms with E-state index in [-0.39, 0.29) is 16.8 Å². The number of carbonyl (C=O) groups excluding carboxylic acids is 1. The molecule has 1 amide bonds. The van der Waals surface area contributed by atoms with Crippen LogP contribution in [0, 0.1) is 0 Å². The minimum absolute atomic E-state index is 0.0519. The van der Waals surface area contributed by atoms with Crippen LogP contribution in [0.15, 0.2) is 23.1 Å². The van der Waals surface area contributed by atoms with Gasteiger partial charge in [-0.25, -0.2) is 8.42 Å². The SMILES string of the molecule is CCc1ccc(S(=O)(=O)NC(C)C(=O)NC(C)C)cc1N. The quantitative estimate of drug-likeness (QED) is 0.682. The number of nitrogens with two attached hydrogens (primary N) is 1. The lowest BCUT2D eigenvalue weighted by Crippen LogP contribution is -2.46. The molecule has 0 fully saturated rings. The van der Waals surface area contributed by atoms with Crippen LogP contribution in [0.3, 0.4) is 0 Å². The number of carbonyl (C=O) groups is 1. The Balaban J connectivity index is 2.91. The highest BCUT2D eigenvalue weighted by atomic mass is 32.2. The van der Waals surface area contributed by atoms with Crippen molar-refractivity contribution in [3.63, 3.8) is 0 Å². The van der Waals surface area contributed by atoms with Gasteiger partial charge in [0.25, 0.3) is 0 Å². The fourth-order valence-electron chi connectivity index (χ4n) is 1.83. The number of nitrogen functional groups attached to an aromatic ring is 1. The summed E-state index contributed by atoms with van der Waals surface area (Å²) in [5, 5.41) is 2.66. The largest absolute Gasteiger partial charge is 0.398 e. The van der Waals surface area contributed by atoms with Crippen LogP contribution in [0.4, 0.5) is 5.69 Å². The molecule has 0 radical (unpaired) electrons. The second kappa shape index (κ2) is 6.91. The number of hydrogen-bond acceptors (Lipinski definition) is 4. The van der Waals surface area contributed by atoms with Gasteiger partial charge >= 0.3 is 0 Å². The molecule has 1 aromatic carbocycles. The normalized spacial score (nSPS) is 13.2. The Kier molecular flexibility index (Phi) is 5.74. The molecule has 0 aliphatic rings. The summed E-state index contributed by atoms with van der Waals surface area (Å²) in [7, 11) is -3.78. The number of sulfonamides is 1. The minimum atomic E-state index is -3.78. The molecule has 118 valence electrons. The van der Waals surface area contributed by atoms with Crippen molar-refractivity contribution < 1.29 is 13.2 Å². The fourth-order valence-corrected chi connectivity index (χ4v) is 3.06. The van der Waals surface area contributed by atoms with E-state index in [2.05, 4.69) is 10.0 Å². The number of hydrogen-bond donors (Lipinski definition) is 3. The number of amides is 1. The number of benzene rings is 1. The maximum Gasteiger partial charge on any atom is 0.241 e. The lowest BCUT2D eigenvalue weighted by atomic mass is 10.1. The molecule has 0 saturated heterocycles. The lowest BCUT2D eigenvalue weighted by Gasteiger charge is -2.16. The van der Waals surface area contributed by atoms with E-state index in [1.54, 1.807) is 6.07 Å². The van der Waals surface area contributed by atoms with E-state index in [0.29, 0.717) is 5.69 Å². The van der Waals surface area contributed by atoms with Crippen LogP contribution in [0.1, 0.15) is 33.3 Å². The summed E-state index contributed by atoms with van der Waals surface area (Å²) in [6.07, 6.45) is 0.729. The molecule has 1 aromatic rings. The van der Waals surface area contributed by atoms with Gasteiger partial charge in [0.2, 0.25) is 15.9 Å². The van der Waals surface area contributed by atoms with E-state index in [1.165, 1.54) is 19.1 Å². The molecule has 0 heterocycles. The Hall–Kier alpha value is -1.60. The highest BCUT2D eigenvalue weighted by Gasteiger charge is 2.22. The Morgan fingerprint density at radius 2 is 1.90 bits per heavy atom. The molecule has 0 aliphatic carbocycles. The van der Waals surface area contributed by atoms with Crippen LogP contribution in [0.2, 0.25) is 0 Å². The standard InChI is InChI=1S/C14H23N3O3S/c1-5-11-6-7-12(8-13(11)15)21(19,20)17-10(4)14(18)16-9(2)3/h6-10,17H,5,15H2,1-4H3,(H,16,18). The molecular weight excluding hydrogens is 290 g/mol. The van der Waals surface area contributed by atoms with E-state index >= 15 is 0 Å². The molecule has 21 heavy (non-hydrogen) atoms. The van der Waals surface area contributed by atoms with Crippen LogP contribution in [0.5, 0.6) is 0 Å². The second-order valence-corrected chi connectivity index (χ2v) is 6.93. The maximum atomic E-state index is 12.2. The van der Waals surface area contributed by atoms with E-state index in [4.69, 9.17) is 5.73 Å². The second-order valence-electron chi connectivity index (χ2n) is 5.22. The summed E-state index contributed by atoms with van der Waals surface area (Å²) >= 11 is 0. The number of rotatable bonds is 6. The molecule has 0 aliphatic heterocycles. The van der Waals surface area contributed by atoms with Crippen LogP contribution in [-0.2, 0) is 21.2 Å². The molecule has 1 atom stereocenters. The number of anilines is 1. The van der Waals surface area contributed by atoms with Gasteiger partial charge in [-0.2, -0.15) is 4.72 Å². The molecule has 0 spiro atoms. The Bertz CT molecular complexity index is 612. The number of aryl methyl sites for hydroxylation is 1. The highest BCUT2D eigenvalue weighted by molar-refractivity contribution is 7.89. The topological polar surface area (TPSA) is 101 Å². The maximum absolute atomic E-state index is 12.2.